The molecule has 3 atom stereocenters. The van der Waals surface area contributed by atoms with E-state index < -0.39 is 41.8 Å². The van der Waals surface area contributed by atoms with Gasteiger partial charge in [0.05, 0.1) is 13.7 Å². The van der Waals surface area contributed by atoms with Gasteiger partial charge in [-0.15, -0.1) is 0 Å². The highest BCUT2D eigenvalue weighted by molar-refractivity contribution is 7.92. The van der Waals surface area contributed by atoms with Crippen LogP contribution in [0.15, 0.2) is 35.2 Å². The molecule has 0 radical (unpaired) electrons. The summed E-state index contributed by atoms with van der Waals surface area (Å²) in [7, 11) is 1.19. The van der Waals surface area contributed by atoms with Crippen molar-refractivity contribution < 1.29 is 41.2 Å². The SMILES string of the molecule is COC(=O)c1c(N[S+]([O-])c2ccc(F)cc2CNC(=O)C(F)(F)F)ccc2c1OC[C@@H]1C[C@H]21. The molecule has 1 aliphatic heterocycles. The van der Waals surface area contributed by atoms with Crippen molar-refractivity contribution in [3.05, 3.63) is 52.8 Å². The topological polar surface area (TPSA) is 99.7 Å². The number of esters is 1. The lowest BCUT2D eigenvalue weighted by Crippen LogP contribution is -2.36. The van der Waals surface area contributed by atoms with E-state index in [0.29, 0.717) is 18.3 Å². The molecule has 1 unspecified atom stereocenters. The van der Waals surface area contributed by atoms with E-state index in [2.05, 4.69) is 4.72 Å². The third-order valence-corrected chi connectivity index (χ3v) is 6.67. The second-order valence-corrected chi connectivity index (χ2v) is 8.80. The van der Waals surface area contributed by atoms with Crippen molar-refractivity contribution in [3.8, 4) is 5.75 Å². The van der Waals surface area contributed by atoms with Crippen molar-refractivity contribution in [2.75, 3.05) is 18.4 Å². The number of carbonyl (C=O) groups is 2. The van der Waals surface area contributed by atoms with Crippen molar-refractivity contribution in [1.29, 1.82) is 0 Å². The second kappa shape index (κ2) is 8.75. The number of halogens is 4. The van der Waals surface area contributed by atoms with E-state index >= 15 is 0 Å². The molecule has 176 valence electrons. The fraction of sp³-hybridized carbons (Fsp3) is 0.333. The number of alkyl halides is 3. The van der Waals surface area contributed by atoms with Gasteiger partial charge >= 0.3 is 18.1 Å². The number of amides is 1. The summed E-state index contributed by atoms with van der Waals surface area (Å²) in [5, 5.41) is 1.63. The Hall–Kier alpha value is -2.99. The maximum Gasteiger partial charge on any atom is 0.471 e. The van der Waals surface area contributed by atoms with Crippen molar-refractivity contribution >= 4 is 28.9 Å². The number of anilines is 1. The lowest BCUT2D eigenvalue weighted by Gasteiger charge is -2.22. The Labute approximate surface area is 188 Å². The third kappa shape index (κ3) is 4.71. The number of benzene rings is 2. The highest BCUT2D eigenvalue weighted by atomic mass is 32.2. The van der Waals surface area contributed by atoms with Crippen molar-refractivity contribution in [2.24, 2.45) is 5.92 Å². The first-order valence-corrected chi connectivity index (χ1v) is 10.9. The van der Waals surface area contributed by atoms with Crippen LogP contribution < -0.4 is 14.8 Å². The lowest BCUT2D eigenvalue weighted by atomic mass is 10.0. The van der Waals surface area contributed by atoms with Gasteiger partial charge in [-0.3, -0.25) is 4.79 Å². The highest BCUT2D eigenvalue weighted by Crippen LogP contribution is 2.55. The Morgan fingerprint density at radius 3 is 2.73 bits per heavy atom. The first-order chi connectivity index (χ1) is 15.6. The normalized spacial score (nSPS) is 19.5. The number of nitrogens with one attached hydrogen (secondary N) is 2. The number of hydrogen-bond donors (Lipinski definition) is 2. The van der Waals surface area contributed by atoms with Crippen LogP contribution in [-0.2, 0) is 27.4 Å². The van der Waals surface area contributed by atoms with Gasteiger partial charge in [-0.05, 0) is 42.2 Å². The van der Waals surface area contributed by atoms with Gasteiger partial charge in [-0.25, -0.2) is 13.9 Å². The molecule has 0 aromatic heterocycles. The standard InChI is InChI=1S/C21H18F4N2O5S/c1-31-19(28)17-15(4-3-13-14-7-11(14)9-32-18(13)17)27-33(30)16-5-2-12(22)6-10(16)8-26-20(29)21(23,24)25/h2-6,11,14,27H,7-9H2,1H3,(H,26,29)/t11-,14-,33?/m0/s1. The predicted octanol–water partition coefficient (Wildman–Crippen LogP) is 3.42. The van der Waals surface area contributed by atoms with Gasteiger partial charge in [0.25, 0.3) is 0 Å². The van der Waals surface area contributed by atoms with Crippen molar-refractivity contribution in [2.45, 2.75) is 30.0 Å². The molecule has 0 spiro atoms. The van der Waals surface area contributed by atoms with Crippen molar-refractivity contribution in [1.82, 2.24) is 5.32 Å². The zero-order valence-corrected chi connectivity index (χ0v) is 17.9. The van der Waals surface area contributed by atoms with E-state index in [0.717, 1.165) is 30.2 Å². The molecular formula is C21H18F4N2O5S. The summed E-state index contributed by atoms with van der Waals surface area (Å²) in [5.41, 5.74) is 0.878. The second-order valence-electron chi connectivity index (χ2n) is 7.61. The van der Waals surface area contributed by atoms with Gasteiger partial charge in [0.2, 0.25) is 0 Å². The summed E-state index contributed by atoms with van der Waals surface area (Å²) in [6, 6.07) is 6.27. The molecule has 1 saturated carbocycles. The first-order valence-electron chi connectivity index (χ1n) is 9.80. The van der Waals surface area contributed by atoms with Gasteiger partial charge in [-0.2, -0.15) is 13.2 Å². The van der Waals surface area contributed by atoms with Gasteiger partial charge in [0.15, 0.2) is 4.90 Å². The molecule has 0 saturated heterocycles. The van der Waals surface area contributed by atoms with E-state index in [1.807, 2.05) is 0 Å². The van der Waals surface area contributed by atoms with E-state index in [1.54, 1.807) is 17.4 Å². The number of ether oxygens (including phenoxy) is 2. The molecule has 2 aromatic rings. The van der Waals surface area contributed by atoms with E-state index in [9.17, 15) is 31.7 Å². The van der Waals surface area contributed by atoms with Crippen LogP contribution in [0.1, 0.15) is 33.8 Å². The van der Waals surface area contributed by atoms with E-state index in [1.165, 1.54) is 7.11 Å². The summed E-state index contributed by atoms with van der Waals surface area (Å²) in [6.07, 6.45) is -4.18. The summed E-state index contributed by atoms with van der Waals surface area (Å²) >= 11 is -2.13. The quantitative estimate of drug-likeness (QED) is 0.369. The fourth-order valence-corrected chi connectivity index (χ4v) is 4.78. The van der Waals surface area contributed by atoms with Crippen LogP contribution in [0, 0.1) is 11.7 Å². The van der Waals surface area contributed by atoms with Crippen LogP contribution in [0.3, 0.4) is 0 Å². The molecular weight excluding hydrogens is 468 g/mol. The average molecular weight is 486 g/mol. The number of rotatable bonds is 6. The highest BCUT2D eigenvalue weighted by Gasteiger charge is 2.45. The summed E-state index contributed by atoms with van der Waals surface area (Å²) in [4.78, 5) is 23.5. The maximum atomic E-state index is 13.7. The number of carbonyl (C=O) groups excluding carboxylic acids is 2. The molecule has 2 aromatic carbocycles. The summed E-state index contributed by atoms with van der Waals surface area (Å²) < 4.78 is 77.4. The minimum atomic E-state index is -5.12. The number of fused-ring (bicyclic) bond motifs is 3. The number of methoxy groups -OCH3 is 1. The smallest absolute Gasteiger partial charge is 0.471 e. The molecule has 0 bridgehead atoms. The molecule has 33 heavy (non-hydrogen) atoms. The molecule has 7 nitrogen and oxygen atoms in total. The average Bonchev–Trinajstić information content (AvgIpc) is 3.56. The Bertz CT molecular complexity index is 1110. The third-order valence-electron chi connectivity index (χ3n) is 5.46. The molecule has 1 amide bonds. The zero-order chi connectivity index (χ0) is 23.9. The van der Waals surface area contributed by atoms with E-state index in [4.69, 9.17) is 9.47 Å². The lowest BCUT2D eigenvalue weighted by molar-refractivity contribution is -0.173. The molecule has 4 rings (SSSR count). The monoisotopic (exact) mass is 486 g/mol. The molecule has 2 N–H and O–H groups in total. The maximum absolute atomic E-state index is 13.7. The molecule has 12 heteroatoms. The minimum Gasteiger partial charge on any atom is -0.588 e. The molecule has 1 heterocycles. The Morgan fingerprint density at radius 2 is 2.03 bits per heavy atom. The Balaban J connectivity index is 1.62. The van der Waals surface area contributed by atoms with Gasteiger partial charge in [0, 0.05) is 18.0 Å². The van der Waals surface area contributed by atoms with Crippen LogP contribution in [0.4, 0.5) is 23.2 Å². The van der Waals surface area contributed by atoms with E-state index in [-0.39, 0.29) is 27.6 Å². The zero-order valence-electron chi connectivity index (χ0n) is 17.1. The van der Waals surface area contributed by atoms with Crippen molar-refractivity contribution in [3.63, 3.8) is 0 Å². The molecule has 1 aliphatic carbocycles. The fourth-order valence-electron chi connectivity index (χ4n) is 3.74. The molecule has 2 aliphatic rings. The van der Waals surface area contributed by atoms with Crippen LogP contribution in [0.5, 0.6) is 5.75 Å². The summed E-state index contributed by atoms with van der Waals surface area (Å²) in [5.74, 6) is -2.72. The van der Waals surface area contributed by atoms with Gasteiger partial charge < -0.3 is 19.3 Å². The van der Waals surface area contributed by atoms with Gasteiger partial charge in [0.1, 0.15) is 34.2 Å². The number of hydrogen-bond acceptors (Lipinski definition) is 6. The van der Waals surface area contributed by atoms with Crippen LogP contribution in [0.25, 0.3) is 0 Å². The minimum absolute atomic E-state index is 0.0442. The van der Waals surface area contributed by atoms with Crippen LogP contribution in [0.2, 0.25) is 0 Å². The largest absolute Gasteiger partial charge is 0.588 e. The van der Waals surface area contributed by atoms with Crippen LogP contribution >= 0.6 is 0 Å². The Morgan fingerprint density at radius 1 is 1.27 bits per heavy atom. The molecule has 1 fully saturated rings. The predicted molar refractivity (Wildman–Crippen MR) is 108 cm³/mol. The summed E-state index contributed by atoms with van der Waals surface area (Å²) in [6.45, 7) is -0.270. The van der Waals surface area contributed by atoms with Crippen LogP contribution in [-0.4, -0.2) is 36.3 Å². The van der Waals surface area contributed by atoms with Gasteiger partial charge in [-0.1, -0.05) is 6.07 Å². The Kier molecular flexibility index (Phi) is 6.14. The first kappa shape index (κ1) is 23.2.